The molecule has 0 amide bonds. The molecular formula is C22H22F3NO6. The number of halogens is 3. The quantitative estimate of drug-likeness (QED) is 0.545. The van der Waals surface area contributed by atoms with Gasteiger partial charge in [0, 0.05) is 30.7 Å². The molecule has 3 N–H and O–H groups in total. The predicted octanol–water partition coefficient (Wildman–Crippen LogP) is 3.99. The van der Waals surface area contributed by atoms with Gasteiger partial charge >= 0.3 is 11.9 Å². The number of benzene rings is 2. The third kappa shape index (κ3) is 8.31. The molecule has 0 unspecified atom stereocenters. The van der Waals surface area contributed by atoms with Gasteiger partial charge in [0.05, 0.1) is 6.61 Å². The number of para-hydroxylation sites is 1. The van der Waals surface area contributed by atoms with Crippen LogP contribution in [0.15, 0.2) is 48.6 Å². The first-order chi connectivity index (χ1) is 15.3. The Morgan fingerprint density at radius 1 is 1.03 bits per heavy atom. The highest BCUT2D eigenvalue weighted by Gasteiger charge is 2.18. The minimum atomic E-state index is -1.26. The standard InChI is InChI=1S/C18H18F3NO2.C4H4O4/c19-14-7-6-13(9-16(14)21)24-17-5-1-4-15(20)18(17)23-11-12-3-2-8-22-10-12;5-3(6)1-2-4(7)8/h1,4-7,9,12,22H,2-3,8,10-11H2;1-2H,(H,5,6)(H,7,8)/b;2-1+/t12-;/m0./s1. The average molecular weight is 453 g/mol. The lowest BCUT2D eigenvalue weighted by atomic mass is 10.0. The topological polar surface area (TPSA) is 105 Å². The Bertz CT molecular complexity index is 945. The lowest BCUT2D eigenvalue weighted by Gasteiger charge is -2.23. The third-order valence-electron chi connectivity index (χ3n) is 4.28. The first-order valence-corrected chi connectivity index (χ1v) is 9.65. The molecule has 1 atom stereocenters. The second-order valence-corrected chi connectivity index (χ2v) is 6.78. The number of piperidine rings is 1. The second-order valence-electron chi connectivity index (χ2n) is 6.78. The van der Waals surface area contributed by atoms with E-state index in [1.54, 1.807) is 0 Å². The molecule has 1 fully saturated rings. The van der Waals surface area contributed by atoms with Crippen LogP contribution in [-0.2, 0) is 9.59 Å². The van der Waals surface area contributed by atoms with Crippen LogP contribution in [0.5, 0.6) is 17.2 Å². The molecule has 1 aliphatic heterocycles. The van der Waals surface area contributed by atoms with Crippen LogP contribution in [0.25, 0.3) is 0 Å². The van der Waals surface area contributed by atoms with Crippen LogP contribution in [0.3, 0.4) is 0 Å². The van der Waals surface area contributed by atoms with E-state index >= 15 is 0 Å². The van der Waals surface area contributed by atoms with Gasteiger partial charge in [-0.05, 0) is 43.7 Å². The fourth-order valence-corrected chi connectivity index (χ4v) is 2.79. The van der Waals surface area contributed by atoms with Gasteiger partial charge in [-0.3, -0.25) is 0 Å². The molecule has 1 saturated heterocycles. The van der Waals surface area contributed by atoms with Crippen molar-refractivity contribution >= 4 is 11.9 Å². The van der Waals surface area contributed by atoms with Crippen molar-refractivity contribution < 1.29 is 42.4 Å². The number of nitrogens with one attached hydrogen (secondary N) is 1. The highest BCUT2D eigenvalue weighted by molar-refractivity contribution is 5.89. The number of aliphatic carboxylic acids is 2. The Morgan fingerprint density at radius 2 is 1.75 bits per heavy atom. The van der Waals surface area contributed by atoms with Crippen LogP contribution < -0.4 is 14.8 Å². The van der Waals surface area contributed by atoms with E-state index in [-0.39, 0.29) is 17.2 Å². The molecule has 2 aromatic rings. The second kappa shape index (κ2) is 12.4. The highest BCUT2D eigenvalue weighted by atomic mass is 19.2. The van der Waals surface area contributed by atoms with Gasteiger partial charge in [-0.15, -0.1) is 0 Å². The van der Waals surface area contributed by atoms with Crippen molar-refractivity contribution in [1.82, 2.24) is 5.32 Å². The Hall–Kier alpha value is -3.53. The summed E-state index contributed by atoms with van der Waals surface area (Å²) in [5, 5.41) is 18.9. The molecule has 2 aromatic carbocycles. The monoisotopic (exact) mass is 453 g/mol. The summed E-state index contributed by atoms with van der Waals surface area (Å²) < 4.78 is 51.5. The summed E-state index contributed by atoms with van der Waals surface area (Å²) in [7, 11) is 0. The zero-order valence-corrected chi connectivity index (χ0v) is 16.9. The average Bonchev–Trinajstić information content (AvgIpc) is 2.76. The number of carboxylic acid groups (broad SMARTS) is 2. The van der Waals surface area contributed by atoms with Gasteiger partial charge in [0.15, 0.2) is 29.0 Å². The van der Waals surface area contributed by atoms with Gasteiger partial charge in [-0.25, -0.2) is 22.8 Å². The number of carbonyl (C=O) groups is 2. The van der Waals surface area contributed by atoms with E-state index in [9.17, 15) is 22.8 Å². The van der Waals surface area contributed by atoms with Crippen molar-refractivity contribution in [3.63, 3.8) is 0 Å². The molecule has 3 rings (SSSR count). The summed E-state index contributed by atoms with van der Waals surface area (Å²) in [5.41, 5.74) is 0. The molecule has 1 aliphatic rings. The lowest BCUT2D eigenvalue weighted by molar-refractivity contribution is -0.134. The first kappa shape index (κ1) is 24.7. The Kier molecular flexibility index (Phi) is 9.55. The van der Waals surface area contributed by atoms with Gasteiger partial charge in [0.1, 0.15) is 5.75 Å². The number of ether oxygens (including phenoxy) is 2. The number of hydrogen-bond donors (Lipinski definition) is 3. The molecule has 0 saturated carbocycles. The van der Waals surface area contributed by atoms with Gasteiger partial charge in [0.25, 0.3) is 0 Å². The van der Waals surface area contributed by atoms with Gasteiger partial charge < -0.3 is 25.0 Å². The van der Waals surface area contributed by atoms with Crippen molar-refractivity contribution in [2.75, 3.05) is 19.7 Å². The van der Waals surface area contributed by atoms with Crippen LogP contribution in [0.1, 0.15) is 12.8 Å². The maximum absolute atomic E-state index is 14.1. The minimum absolute atomic E-state index is 0.0205. The third-order valence-corrected chi connectivity index (χ3v) is 4.28. The predicted molar refractivity (Wildman–Crippen MR) is 108 cm³/mol. The molecule has 0 aliphatic carbocycles. The summed E-state index contributed by atoms with van der Waals surface area (Å²) in [5.74, 6) is -4.59. The van der Waals surface area contributed by atoms with E-state index in [1.807, 2.05) is 0 Å². The van der Waals surface area contributed by atoms with E-state index in [0.29, 0.717) is 24.7 Å². The Labute approximate surface area is 182 Å². The SMILES string of the molecule is Fc1ccc(Oc2cccc(F)c2OC[C@H]2CCCNC2)cc1F.O=C(O)/C=C/C(=O)O. The van der Waals surface area contributed by atoms with Crippen LogP contribution in [0.4, 0.5) is 13.2 Å². The van der Waals surface area contributed by atoms with Crippen molar-refractivity contribution in [2.24, 2.45) is 5.92 Å². The normalized spacial score (nSPS) is 15.5. The fourth-order valence-electron chi connectivity index (χ4n) is 2.79. The molecule has 0 spiro atoms. The minimum Gasteiger partial charge on any atom is -0.487 e. The molecular weight excluding hydrogens is 431 g/mol. The van der Waals surface area contributed by atoms with E-state index in [1.165, 1.54) is 24.3 Å². The summed E-state index contributed by atoms with van der Waals surface area (Å²) in [6.45, 7) is 2.18. The molecule has 10 heteroatoms. The van der Waals surface area contributed by atoms with Crippen LogP contribution in [0.2, 0.25) is 0 Å². The summed E-state index contributed by atoms with van der Waals surface area (Å²) in [4.78, 5) is 19.1. The highest BCUT2D eigenvalue weighted by Crippen LogP contribution is 2.34. The van der Waals surface area contributed by atoms with Crippen molar-refractivity contribution in [2.45, 2.75) is 12.8 Å². The lowest BCUT2D eigenvalue weighted by Crippen LogP contribution is -2.33. The van der Waals surface area contributed by atoms with Crippen LogP contribution in [0, 0.1) is 23.4 Å². The van der Waals surface area contributed by atoms with E-state index < -0.39 is 29.4 Å². The van der Waals surface area contributed by atoms with Gasteiger partial charge in [0.2, 0.25) is 0 Å². The maximum atomic E-state index is 14.1. The van der Waals surface area contributed by atoms with Crippen molar-refractivity contribution in [3.8, 4) is 17.2 Å². The molecule has 32 heavy (non-hydrogen) atoms. The Balaban J connectivity index is 0.000000390. The smallest absolute Gasteiger partial charge is 0.328 e. The summed E-state index contributed by atoms with van der Waals surface area (Å²) >= 11 is 0. The molecule has 0 radical (unpaired) electrons. The number of carboxylic acids is 2. The maximum Gasteiger partial charge on any atom is 0.328 e. The van der Waals surface area contributed by atoms with Crippen LogP contribution in [-0.4, -0.2) is 41.8 Å². The zero-order valence-electron chi connectivity index (χ0n) is 16.9. The molecule has 7 nitrogen and oxygen atoms in total. The van der Waals surface area contributed by atoms with Crippen molar-refractivity contribution in [3.05, 3.63) is 66.0 Å². The molecule has 0 aromatic heterocycles. The Morgan fingerprint density at radius 3 is 2.34 bits per heavy atom. The fraction of sp³-hybridized carbons (Fsp3) is 0.273. The number of hydrogen-bond acceptors (Lipinski definition) is 5. The first-order valence-electron chi connectivity index (χ1n) is 9.65. The van der Waals surface area contributed by atoms with E-state index in [0.717, 1.165) is 38.1 Å². The molecule has 172 valence electrons. The largest absolute Gasteiger partial charge is 0.487 e. The zero-order chi connectivity index (χ0) is 23.5. The van der Waals surface area contributed by atoms with E-state index in [2.05, 4.69) is 5.32 Å². The number of rotatable bonds is 7. The summed E-state index contributed by atoms with van der Waals surface area (Å²) in [6, 6.07) is 7.41. The van der Waals surface area contributed by atoms with Crippen molar-refractivity contribution in [1.29, 1.82) is 0 Å². The summed E-state index contributed by atoms with van der Waals surface area (Å²) in [6.07, 6.45) is 3.19. The van der Waals surface area contributed by atoms with Gasteiger partial charge in [-0.1, -0.05) is 6.07 Å². The van der Waals surface area contributed by atoms with Crippen LogP contribution >= 0.6 is 0 Å². The molecule has 1 heterocycles. The van der Waals surface area contributed by atoms with Gasteiger partial charge in [-0.2, -0.15) is 0 Å². The van der Waals surface area contributed by atoms with E-state index in [4.69, 9.17) is 19.7 Å². The molecule has 0 bridgehead atoms.